The molecule has 1 aliphatic rings. The standard InChI is InChI=1S/C18H22N2O/c1-19-17(16-11-6-12-20-18(16)21-2)15-10-4-3-9-14(15)13-7-5-8-13/h3-4,6,9-13,17,19H,5,7-8H2,1-2H3. The molecule has 1 fully saturated rings. The van der Waals surface area contributed by atoms with Crippen molar-refractivity contribution >= 4 is 0 Å². The highest BCUT2D eigenvalue weighted by molar-refractivity contribution is 5.42. The van der Waals surface area contributed by atoms with Gasteiger partial charge in [-0.05, 0) is 43.0 Å². The van der Waals surface area contributed by atoms with Crippen LogP contribution in [0.4, 0.5) is 0 Å². The van der Waals surface area contributed by atoms with Gasteiger partial charge in [-0.3, -0.25) is 0 Å². The molecule has 0 amide bonds. The van der Waals surface area contributed by atoms with E-state index in [0.717, 1.165) is 5.56 Å². The van der Waals surface area contributed by atoms with Crippen LogP contribution in [-0.2, 0) is 0 Å². The van der Waals surface area contributed by atoms with E-state index in [1.165, 1.54) is 30.4 Å². The molecule has 1 atom stereocenters. The summed E-state index contributed by atoms with van der Waals surface area (Å²) in [7, 11) is 3.67. The van der Waals surface area contributed by atoms with Gasteiger partial charge in [0.05, 0.1) is 13.2 Å². The Morgan fingerprint density at radius 1 is 1.14 bits per heavy atom. The Kier molecular flexibility index (Phi) is 4.20. The van der Waals surface area contributed by atoms with E-state index in [4.69, 9.17) is 4.74 Å². The number of nitrogens with one attached hydrogen (secondary N) is 1. The van der Waals surface area contributed by atoms with E-state index < -0.39 is 0 Å². The third-order valence-corrected chi connectivity index (χ3v) is 4.45. The first-order valence-electron chi connectivity index (χ1n) is 7.60. The fourth-order valence-electron chi connectivity index (χ4n) is 3.14. The van der Waals surface area contributed by atoms with Crippen LogP contribution in [0.1, 0.15) is 47.9 Å². The summed E-state index contributed by atoms with van der Waals surface area (Å²) in [4.78, 5) is 4.34. The van der Waals surface area contributed by atoms with Crippen LogP contribution in [0.15, 0.2) is 42.6 Å². The van der Waals surface area contributed by atoms with Crippen LogP contribution in [0, 0.1) is 0 Å². The van der Waals surface area contributed by atoms with Crippen LogP contribution in [0.25, 0.3) is 0 Å². The number of ether oxygens (including phenoxy) is 1. The molecule has 1 aliphatic carbocycles. The molecule has 0 aliphatic heterocycles. The van der Waals surface area contributed by atoms with Crippen LogP contribution in [0.5, 0.6) is 5.88 Å². The lowest BCUT2D eigenvalue weighted by Gasteiger charge is -2.30. The second-order valence-electron chi connectivity index (χ2n) is 5.58. The number of methoxy groups -OCH3 is 1. The van der Waals surface area contributed by atoms with Crippen molar-refractivity contribution in [1.29, 1.82) is 0 Å². The minimum atomic E-state index is 0.116. The van der Waals surface area contributed by atoms with Crippen LogP contribution in [0.3, 0.4) is 0 Å². The summed E-state index contributed by atoms with van der Waals surface area (Å²) in [5.41, 5.74) is 3.90. The third-order valence-electron chi connectivity index (χ3n) is 4.45. The molecular weight excluding hydrogens is 260 g/mol. The molecule has 1 aromatic heterocycles. The van der Waals surface area contributed by atoms with E-state index in [0.29, 0.717) is 11.8 Å². The number of aromatic nitrogens is 1. The zero-order chi connectivity index (χ0) is 14.7. The lowest BCUT2D eigenvalue weighted by Crippen LogP contribution is -2.22. The summed E-state index contributed by atoms with van der Waals surface area (Å²) in [6.07, 6.45) is 5.72. The quantitative estimate of drug-likeness (QED) is 0.908. The normalized spacial score (nSPS) is 16.3. The van der Waals surface area contributed by atoms with Gasteiger partial charge in [0.25, 0.3) is 0 Å². The van der Waals surface area contributed by atoms with Crippen LogP contribution in [-0.4, -0.2) is 19.1 Å². The molecular formula is C18H22N2O. The highest BCUT2D eigenvalue weighted by Gasteiger charge is 2.26. The number of pyridine rings is 1. The lowest BCUT2D eigenvalue weighted by molar-refractivity contribution is 0.386. The van der Waals surface area contributed by atoms with Gasteiger partial charge in [-0.15, -0.1) is 0 Å². The van der Waals surface area contributed by atoms with Gasteiger partial charge in [0.15, 0.2) is 0 Å². The minimum Gasteiger partial charge on any atom is -0.481 e. The molecule has 3 nitrogen and oxygen atoms in total. The molecule has 0 bridgehead atoms. The van der Waals surface area contributed by atoms with Crippen molar-refractivity contribution in [3.63, 3.8) is 0 Å². The molecule has 3 heteroatoms. The van der Waals surface area contributed by atoms with Crippen molar-refractivity contribution in [2.45, 2.75) is 31.2 Å². The number of hydrogen-bond donors (Lipinski definition) is 1. The van der Waals surface area contributed by atoms with Crippen molar-refractivity contribution in [3.8, 4) is 5.88 Å². The van der Waals surface area contributed by atoms with E-state index >= 15 is 0 Å². The van der Waals surface area contributed by atoms with E-state index in [1.54, 1.807) is 13.3 Å². The van der Waals surface area contributed by atoms with Crippen molar-refractivity contribution in [2.24, 2.45) is 0 Å². The van der Waals surface area contributed by atoms with Crippen molar-refractivity contribution < 1.29 is 4.74 Å². The van der Waals surface area contributed by atoms with Gasteiger partial charge in [-0.2, -0.15) is 0 Å². The van der Waals surface area contributed by atoms with Crippen molar-refractivity contribution in [3.05, 3.63) is 59.3 Å². The average molecular weight is 282 g/mol. The highest BCUT2D eigenvalue weighted by atomic mass is 16.5. The summed E-state index contributed by atoms with van der Waals surface area (Å²) in [5, 5.41) is 3.43. The van der Waals surface area contributed by atoms with Crippen molar-refractivity contribution in [2.75, 3.05) is 14.2 Å². The van der Waals surface area contributed by atoms with E-state index in [2.05, 4.69) is 40.6 Å². The fraction of sp³-hybridized carbons (Fsp3) is 0.389. The molecule has 0 spiro atoms. The van der Waals surface area contributed by atoms with Gasteiger partial charge in [0.2, 0.25) is 5.88 Å². The Morgan fingerprint density at radius 3 is 2.57 bits per heavy atom. The summed E-state index contributed by atoms with van der Waals surface area (Å²) < 4.78 is 5.44. The third kappa shape index (κ3) is 2.66. The molecule has 0 saturated heterocycles. The predicted octanol–water partition coefficient (Wildman–Crippen LogP) is 3.67. The zero-order valence-electron chi connectivity index (χ0n) is 12.7. The predicted molar refractivity (Wildman–Crippen MR) is 84.7 cm³/mol. The van der Waals surface area contributed by atoms with Gasteiger partial charge in [-0.25, -0.2) is 4.98 Å². The topological polar surface area (TPSA) is 34.2 Å². The minimum absolute atomic E-state index is 0.116. The molecule has 110 valence electrons. The van der Waals surface area contributed by atoms with Gasteiger partial charge in [0, 0.05) is 11.8 Å². The maximum Gasteiger partial charge on any atom is 0.218 e. The monoisotopic (exact) mass is 282 g/mol. The number of benzene rings is 1. The first-order chi connectivity index (χ1) is 10.3. The maximum atomic E-state index is 5.44. The SMILES string of the molecule is CNC(c1ccccc1C1CCC1)c1cccnc1OC. The van der Waals surface area contributed by atoms with E-state index in [9.17, 15) is 0 Å². The van der Waals surface area contributed by atoms with E-state index in [-0.39, 0.29) is 6.04 Å². The second kappa shape index (κ2) is 6.27. The molecule has 2 aromatic rings. The zero-order valence-corrected chi connectivity index (χ0v) is 12.7. The summed E-state index contributed by atoms with van der Waals surface area (Å²) in [6, 6.07) is 12.9. The number of hydrogen-bond acceptors (Lipinski definition) is 3. The lowest BCUT2D eigenvalue weighted by atomic mass is 9.76. The highest BCUT2D eigenvalue weighted by Crippen LogP contribution is 2.41. The van der Waals surface area contributed by atoms with Gasteiger partial charge >= 0.3 is 0 Å². The fourth-order valence-corrected chi connectivity index (χ4v) is 3.14. The molecule has 1 N–H and O–H groups in total. The largest absolute Gasteiger partial charge is 0.481 e. The van der Waals surface area contributed by atoms with Crippen LogP contribution < -0.4 is 10.1 Å². The molecule has 1 unspecified atom stereocenters. The molecule has 1 heterocycles. The summed E-state index contributed by atoms with van der Waals surface area (Å²) in [6.45, 7) is 0. The maximum absolute atomic E-state index is 5.44. The van der Waals surface area contributed by atoms with Crippen LogP contribution in [0.2, 0.25) is 0 Å². The summed E-state index contributed by atoms with van der Waals surface area (Å²) >= 11 is 0. The van der Waals surface area contributed by atoms with Gasteiger partial charge < -0.3 is 10.1 Å². The Labute approximate surface area is 126 Å². The summed E-state index contributed by atoms with van der Waals surface area (Å²) in [5.74, 6) is 1.40. The molecule has 21 heavy (non-hydrogen) atoms. The van der Waals surface area contributed by atoms with Crippen molar-refractivity contribution in [1.82, 2.24) is 10.3 Å². The Morgan fingerprint density at radius 2 is 1.90 bits per heavy atom. The molecule has 1 aromatic carbocycles. The van der Waals surface area contributed by atoms with Gasteiger partial charge in [-0.1, -0.05) is 36.8 Å². The second-order valence-corrected chi connectivity index (χ2v) is 5.58. The van der Waals surface area contributed by atoms with E-state index in [1.807, 2.05) is 13.1 Å². The first kappa shape index (κ1) is 14.1. The average Bonchev–Trinajstić information content (AvgIpc) is 2.48. The number of rotatable bonds is 5. The number of nitrogens with zero attached hydrogens (tertiary/aromatic N) is 1. The first-order valence-corrected chi connectivity index (χ1v) is 7.60. The Bertz CT molecular complexity index is 608. The van der Waals surface area contributed by atoms with Crippen LogP contribution >= 0.6 is 0 Å². The Hall–Kier alpha value is -1.87. The molecule has 0 radical (unpaired) electrons. The molecule has 1 saturated carbocycles. The smallest absolute Gasteiger partial charge is 0.218 e. The molecule has 3 rings (SSSR count). The Balaban J connectivity index is 2.04. The van der Waals surface area contributed by atoms with Gasteiger partial charge in [0.1, 0.15) is 0 Å².